The molecule has 0 aliphatic rings. The average molecular weight is 220 g/mol. The SMILES string of the molecule is CCCCOC(OCC)OCCCCO. The average Bonchev–Trinajstić information content (AvgIpc) is 2.24. The van der Waals surface area contributed by atoms with Crippen LogP contribution in [0.1, 0.15) is 39.5 Å². The molecule has 1 unspecified atom stereocenters. The number of rotatable bonds is 11. The first-order valence-electron chi connectivity index (χ1n) is 5.80. The first kappa shape index (κ1) is 14.8. The number of hydrogen-bond donors (Lipinski definition) is 1. The summed E-state index contributed by atoms with van der Waals surface area (Å²) < 4.78 is 16.0. The third-order valence-electron chi connectivity index (χ3n) is 1.86. The Kier molecular flexibility index (Phi) is 11.8. The molecule has 0 aliphatic carbocycles. The van der Waals surface area contributed by atoms with Crippen molar-refractivity contribution in [3.05, 3.63) is 0 Å². The summed E-state index contributed by atoms with van der Waals surface area (Å²) in [4.78, 5) is 0. The lowest BCUT2D eigenvalue weighted by atomic mass is 10.3. The van der Waals surface area contributed by atoms with Gasteiger partial charge in [-0.05, 0) is 26.2 Å². The van der Waals surface area contributed by atoms with Gasteiger partial charge in [-0.3, -0.25) is 0 Å². The predicted octanol–water partition coefficient (Wildman–Crippen LogP) is 1.91. The van der Waals surface area contributed by atoms with E-state index in [0.29, 0.717) is 19.8 Å². The highest BCUT2D eigenvalue weighted by atomic mass is 16.8. The molecule has 0 aromatic heterocycles. The number of hydrogen-bond acceptors (Lipinski definition) is 4. The van der Waals surface area contributed by atoms with Gasteiger partial charge in [-0.25, -0.2) is 0 Å². The van der Waals surface area contributed by atoms with Gasteiger partial charge in [-0.1, -0.05) is 13.3 Å². The number of aliphatic hydroxyl groups is 1. The Bertz CT molecular complexity index is 119. The molecule has 0 fully saturated rings. The van der Waals surface area contributed by atoms with Crippen molar-refractivity contribution in [3.63, 3.8) is 0 Å². The van der Waals surface area contributed by atoms with Crippen LogP contribution < -0.4 is 0 Å². The Morgan fingerprint density at radius 2 is 1.60 bits per heavy atom. The van der Waals surface area contributed by atoms with Crippen molar-refractivity contribution >= 4 is 0 Å². The maximum atomic E-state index is 8.59. The molecule has 4 nitrogen and oxygen atoms in total. The molecule has 0 amide bonds. The molecule has 0 bridgehead atoms. The van der Waals surface area contributed by atoms with Gasteiger partial charge in [0.05, 0.1) is 13.2 Å². The molecule has 15 heavy (non-hydrogen) atoms. The van der Waals surface area contributed by atoms with Gasteiger partial charge in [-0.2, -0.15) is 0 Å². The van der Waals surface area contributed by atoms with E-state index in [1.165, 1.54) is 0 Å². The molecule has 0 radical (unpaired) electrons. The van der Waals surface area contributed by atoms with Gasteiger partial charge in [0.2, 0.25) is 0 Å². The van der Waals surface area contributed by atoms with Crippen molar-refractivity contribution in [2.75, 3.05) is 26.4 Å². The van der Waals surface area contributed by atoms with Gasteiger partial charge in [0.15, 0.2) is 0 Å². The molecule has 0 heterocycles. The van der Waals surface area contributed by atoms with Gasteiger partial charge in [0.1, 0.15) is 0 Å². The Morgan fingerprint density at radius 3 is 2.13 bits per heavy atom. The van der Waals surface area contributed by atoms with Crippen LogP contribution in [0.3, 0.4) is 0 Å². The second kappa shape index (κ2) is 11.9. The third kappa shape index (κ3) is 10.1. The Labute approximate surface area is 92.5 Å². The zero-order valence-corrected chi connectivity index (χ0v) is 9.91. The molecule has 1 atom stereocenters. The molecule has 1 N–H and O–H groups in total. The van der Waals surface area contributed by atoms with Crippen LogP contribution in [0.2, 0.25) is 0 Å². The lowest BCUT2D eigenvalue weighted by Gasteiger charge is -2.17. The highest BCUT2D eigenvalue weighted by Crippen LogP contribution is 2.01. The molecular weight excluding hydrogens is 196 g/mol. The molecular formula is C11H24O4. The van der Waals surface area contributed by atoms with Gasteiger partial charge < -0.3 is 19.3 Å². The molecule has 0 aliphatic heterocycles. The van der Waals surface area contributed by atoms with Crippen molar-refractivity contribution < 1.29 is 19.3 Å². The second-order valence-corrected chi connectivity index (χ2v) is 3.27. The van der Waals surface area contributed by atoms with E-state index in [1.807, 2.05) is 6.92 Å². The molecule has 92 valence electrons. The van der Waals surface area contributed by atoms with E-state index in [2.05, 4.69) is 6.92 Å². The summed E-state index contributed by atoms with van der Waals surface area (Å²) in [5.41, 5.74) is 0. The summed E-state index contributed by atoms with van der Waals surface area (Å²) in [6.45, 7) is 5.50. The van der Waals surface area contributed by atoms with Crippen LogP contribution in [-0.2, 0) is 14.2 Å². The third-order valence-corrected chi connectivity index (χ3v) is 1.86. The van der Waals surface area contributed by atoms with Crippen LogP contribution in [0, 0.1) is 0 Å². The largest absolute Gasteiger partial charge is 0.396 e. The first-order valence-corrected chi connectivity index (χ1v) is 5.80. The molecule has 4 heteroatoms. The second-order valence-electron chi connectivity index (χ2n) is 3.27. The standard InChI is InChI=1S/C11H24O4/c1-3-5-9-14-11(13-4-2)15-10-7-6-8-12/h11-12H,3-10H2,1-2H3. The normalized spacial score (nSPS) is 13.0. The smallest absolute Gasteiger partial charge is 0.271 e. The van der Waals surface area contributed by atoms with Gasteiger partial charge >= 0.3 is 0 Å². The van der Waals surface area contributed by atoms with Crippen molar-refractivity contribution in [3.8, 4) is 0 Å². The molecule has 0 saturated heterocycles. The highest BCUT2D eigenvalue weighted by molar-refractivity contribution is 4.37. The minimum Gasteiger partial charge on any atom is -0.396 e. The number of aliphatic hydroxyl groups excluding tert-OH is 1. The van der Waals surface area contributed by atoms with Crippen molar-refractivity contribution in [1.82, 2.24) is 0 Å². The number of unbranched alkanes of at least 4 members (excludes halogenated alkanes) is 2. The topological polar surface area (TPSA) is 47.9 Å². The van der Waals surface area contributed by atoms with Crippen LogP contribution in [-0.4, -0.2) is 38.0 Å². The number of ether oxygens (including phenoxy) is 3. The zero-order valence-electron chi connectivity index (χ0n) is 9.91. The summed E-state index contributed by atoms with van der Waals surface area (Å²) in [6, 6.07) is 0. The quantitative estimate of drug-likeness (QED) is 0.427. The maximum absolute atomic E-state index is 8.59. The van der Waals surface area contributed by atoms with Crippen molar-refractivity contribution in [2.45, 2.75) is 46.0 Å². The fourth-order valence-corrected chi connectivity index (χ4v) is 0.998. The molecule has 0 saturated carbocycles. The van der Waals surface area contributed by atoms with Crippen molar-refractivity contribution in [1.29, 1.82) is 0 Å². The summed E-state index contributed by atoms with van der Waals surface area (Å²) in [6.07, 6.45) is 3.71. The van der Waals surface area contributed by atoms with Gasteiger partial charge in [-0.15, -0.1) is 0 Å². The van der Waals surface area contributed by atoms with E-state index in [4.69, 9.17) is 19.3 Å². The highest BCUT2D eigenvalue weighted by Gasteiger charge is 2.07. The van der Waals surface area contributed by atoms with Gasteiger partial charge in [0, 0.05) is 13.2 Å². The zero-order chi connectivity index (χ0) is 11.4. The minimum atomic E-state index is -0.541. The molecule has 0 rings (SSSR count). The maximum Gasteiger partial charge on any atom is 0.271 e. The summed E-state index contributed by atoms with van der Waals surface area (Å²) in [5.74, 6) is 0. The molecule has 0 spiro atoms. The fraction of sp³-hybridized carbons (Fsp3) is 1.00. The van der Waals surface area contributed by atoms with Gasteiger partial charge in [0.25, 0.3) is 6.48 Å². The van der Waals surface area contributed by atoms with E-state index < -0.39 is 6.48 Å². The minimum absolute atomic E-state index is 0.208. The van der Waals surface area contributed by atoms with Crippen LogP contribution in [0.5, 0.6) is 0 Å². The van der Waals surface area contributed by atoms with E-state index in [9.17, 15) is 0 Å². The molecule has 0 aromatic carbocycles. The first-order chi connectivity index (χ1) is 7.35. The van der Waals surface area contributed by atoms with E-state index in [1.54, 1.807) is 0 Å². The van der Waals surface area contributed by atoms with E-state index in [0.717, 1.165) is 25.7 Å². The van der Waals surface area contributed by atoms with Crippen LogP contribution in [0.15, 0.2) is 0 Å². The fourth-order valence-electron chi connectivity index (χ4n) is 0.998. The lowest BCUT2D eigenvalue weighted by molar-refractivity contribution is -0.286. The van der Waals surface area contributed by atoms with Crippen LogP contribution in [0.4, 0.5) is 0 Å². The van der Waals surface area contributed by atoms with Crippen molar-refractivity contribution in [2.24, 2.45) is 0 Å². The molecule has 0 aromatic rings. The van der Waals surface area contributed by atoms with E-state index in [-0.39, 0.29) is 6.61 Å². The summed E-state index contributed by atoms with van der Waals surface area (Å²) in [5, 5.41) is 8.59. The van der Waals surface area contributed by atoms with Crippen LogP contribution >= 0.6 is 0 Å². The predicted molar refractivity (Wildman–Crippen MR) is 58.5 cm³/mol. The Morgan fingerprint density at radius 1 is 0.933 bits per heavy atom. The Hall–Kier alpha value is -0.160. The van der Waals surface area contributed by atoms with Crippen LogP contribution in [0.25, 0.3) is 0 Å². The monoisotopic (exact) mass is 220 g/mol. The lowest BCUT2D eigenvalue weighted by Crippen LogP contribution is -2.22. The summed E-state index contributed by atoms with van der Waals surface area (Å²) >= 11 is 0. The summed E-state index contributed by atoms with van der Waals surface area (Å²) in [7, 11) is 0. The Balaban J connectivity index is 3.44. The van der Waals surface area contributed by atoms with E-state index >= 15 is 0 Å².